The van der Waals surface area contributed by atoms with E-state index in [2.05, 4.69) is 46.6 Å². The van der Waals surface area contributed by atoms with Crippen LogP contribution in [0.5, 0.6) is 5.75 Å². The molecule has 1 heterocycles. The third-order valence-corrected chi connectivity index (χ3v) is 4.94. The zero-order valence-corrected chi connectivity index (χ0v) is 16.0. The highest BCUT2D eigenvalue weighted by Gasteiger charge is 2.13. The van der Waals surface area contributed by atoms with Crippen molar-refractivity contribution in [1.29, 1.82) is 0 Å². The molecule has 0 saturated carbocycles. The molecule has 3 nitrogen and oxygen atoms in total. The number of hydrogen-bond acceptors (Lipinski definition) is 2. The summed E-state index contributed by atoms with van der Waals surface area (Å²) in [6, 6.07) is 9.46. The molecule has 3 aromatic rings. The van der Waals surface area contributed by atoms with Crippen molar-refractivity contribution >= 4 is 33.5 Å². The Labute approximate surface area is 154 Å². The molecular weight excluding hydrogens is 418 g/mol. The first-order valence-electron chi connectivity index (χ1n) is 8.23. The molecule has 0 saturated heterocycles. The molecule has 0 amide bonds. The number of nitrogens with zero attached hydrogens (tertiary/aromatic N) is 1. The van der Waals surface area contributed by atoms with Crippen LogP contribution >= 0.6 is 22.6 Å². The normalized spacial score (nSPS) is 11.2. The maximum Gasteiger partial charge on any atom is 0.165 e. The first-order valence-corrected chi connectivity index (χ1v) is 9.31. The van der Waals surface area contributed by atoms with Gasteiger partial charge in [0.1, 0.15) is 3.70 Å². The van der Waals surface area contributed by atoms with Crippen LogP contribution in [0.2, 0.25) is 0 Å². The number of benzene rings is 2. The molecule has 2 aromatic carbocycles. The molecule has 0 atom stereocenters. The maximum absolute atomic E-state index is 14.4. The van der Waals surface area contributed by atoms with E-state index in [1.54, 1.807) is 6.07 Å². The van der Waals surface area contributed by atoms with Gasteiger partial charge in [-0.3, -0.25) is 5.10 Å². The molecule has 0 aliphatic rings. The summed E-state index contributed by atoms with van der Waals surface area (Å²) in [6.07, 6.45) is 2.77. The molecule has 3 rings (SSSR count). The highest BCUT2D eigenvalue weighted by molar-refractivity contribution is 14.1. The SMILES string of the molecule is CCCCOc1cc(CC)c(-c2ccc3c(I)[nH]nc3c2)cc1F. The summed E-state index contributed by atoms with van der Waals surface area (Å²) in [5, 5.41) is 8.36. The number of hydrogen-bond donors (Lipinski definition) is 1. The van der Waals surface area contributed by atoms with Crippen molar-refractivity contribution in [2.45, 2.75) is 33.1 Å². The third kappa shape index (κ3) is 3.41. The topological polar surface area (TPSA) is 37.9 Å². The number of halogens is 2. The van der Waals surface area contributed by atoms with Crippen molar-refractivity contribution < 1.29 is 9.13 Å². The Morgan fingerprint density at radius 2 is 2.04 bits per heavy atom. The van der Waals surface area contributed by atoms with E-state index in [1.165, 1.54) is 0 Å². The van der Waals surface area contributed by atoms with Gasteiger partial charge in [-0.1, -0.05) is 26.3 Å². The number of aromatic nitrogens is 2. The van der Waals surface area contributed by atoms with E-state index in [1.807, 2.05) is 24.3 Å². The monoisotopic (exact) mass is 438 g/mol. The fourth-order valence-electron chi connectivity index (χ4n) is 2.74. The van der Waals surface area contributed by atoms with E-state index in [4.69, 9.17) is 4.74 Å². The average molecular weight is 438 g/mol. The van der Waals surface area contributed by atoms with E-state index in [0.29, 0.717) is 12.4 Å². The Hall–Kier alpha value is -1.63. The lowest BCUT2D eigenvalue weighted by Crippen LogP contribution is -2.01. The second-order valence-electron chi connectivity index (χ2n) is 5.76. The summed E-state index contributed by atoms with van der Waals surface area (Å²) < 4.78 is 21.1. The Kier molecular flexibility index (Phi) is 5.38. The Bertz CT molecular complexity index is 860. The van der Waals surface area contributed by atoms with Crippen LogP contribution in [0.4, 0.5) is 4.39 Å². The molecule has 0 fully saturated rings. The Morgan fingerprint density at radius 3 is 2.79 bits per heavy atom. The van der Waals surface area contributed by atoms with Crippen molar-refractivity contribution in [2.24, 2.45) is 0 Å². The number of nitrogens with one attached hydrogen (secondary N) is 1. The van der Waals surface area contributed by atoms with E-state index in [9.17, 15) is 4.39 Å². The molecular formula is C19H20FIN2O. The van der Waals surface area contributed by atoms with Gasteiger partial charge < -0.3 is 4.74 Å². The van der Waals surface area contributed by atoms with Crippen molar-refractivity contribution in [3.05, 3.63) is 45.4 Å². The van der Waals surface area contributed by atoms with Gasteiger partial charge in [0.25, 0.3) is 0 Å². The van der Waals surface area contributed by atoms with Gasteiger partial charge >= 0.3 is 0 Å². The second-order valence-corrected chi connectivity index (χ2v) is 6.84. The van der Waals surface area contributed by atoms with Crippen molar-refractivity contribution in [3.8, 4) is 16.9 Å². The molecule has 5 heteroatoms. The highest BCUT2D eigenvalue weighted by Crippen LogP contribution is 2.32. The zero-order chi connectivity index (χ0) is 17.1. The van der Waals surface area contributed by atoms with Gasteiger partial charge in [0.15, 0.2) is 11.6 Å². The molecule has 0 aliphatic carbocycles. The van der Waals surface area contributed by atoms with Crippen LogP contribution in [0.1, 0.15) is 32.3 Å². The summed E-state index contributed by atoms with van der Waals surface area (Å²) in [7, 11) is 0. The molecule has 0 aliphatic heterocycles. The lowest BCUT2D eigenvalue weighted by atomic mass is 9.97. The minimum atomic E-state index is -0.310. The number of rotatable bonds is 6. The first-order chi connectivity index (χ1) is 11.6. The van der Waals surface area contributed by atoms with E-state index >= 15 is 0 Å². The fraction of sp³-hybridized carbons (Fsp3) is 0.316. The number of fused-ring (bicyclic) bond motifs is 1. The van der Waals surface area contributed by atoms with Crippen LogP contribution in [-0.4, -0.2) is 16.8 Å². The molecule has 0 unspecified atom stereocenters. The van der Waals surface area contributed by atoms with Crippen LogP contribution < -0.4 is 4.74 Å². The van der Waals surface area contributed by atoms with E-state index < -0.39 is 0 Å². The van der Waals surface area contributed by atoms with Crippen molar-refractivity contribution in [1.82, 2.24) is 10.2 Å². The molecule has 1 aromatic heterocycles. The molecule has 1 N–H and O–H groups in total. The second kappa shape index (κ2) is 7.51. The number of H-pyrrole nitrogens is 1. The molecule has 126 valence electrons. The standard InChI is InChI=1S/C19H20FIN2O/c1-3-5-8-24-18-10-12(4-2)15(11-16(18)20)13-6-7-14-17(9-13)22-23-19(14)21/h6-7,9-11H,3-5,8H2,1-2H3,(H,22,23). The summed E-state index contributed by atoms with van der Waals surface area (Å²) in [6.45, 7) is 4.71. The Balaban J connectivity index is 2.00. The van der Waals surface area contributed by atoms with Crippen molar-refractivity contribution in [2.75, 3.05) is 6.61 Å². The minimum absolute atomic E-state index is 0.310. The first kappa shape index (κ1) is 17.2. The van der Waals surface area contributed by atoms with Crippen LogP contribution in [0.25, 0.3) is 22.0 Å². The van der Waals surface area contributed by atoms with Crippen LogP contribution in [0.15, 0.2) is 30.3 Å². The largest absolute Gasteiger partial charge is 0.491 e. The van der Waals surface area contributed by atoms with Gasteiger partial charge in [-0.2, -0.15) is 5.10 Å². The number of aromatic amines is 1. The van der Waals surface area contributed by atoms with Crippen molar-refractivity contribution in [3.63, 3.8) is 0 Å². The third-order valence-electron chi connectivity index (χ3n) is 4.11. The lowest BCUT2D eigenvalue weighted by Gasteiger charge is -2.13. The van der Waals surface area contributed by atoms with Crippen LogP contribution in [-0.2, 0) is 6.42 Å². The predicted octanol–water partition coefficient (Wildman–Crippen LogP) is 5.71. The van der Waals surface area contributed by atoms with Gasteiger partial charge in [-0.15, -0.1) is 0 Å². The number of ether oxygens (including phenoxy) is 1. The quantitative estimate of drug-likeness (QED) is 0.395. The molecule has 0 radical (unpaired) electrons. The minimum Gasteiger partial charge on any atom is -0.491 e. The lowest BCUT2D eigenvalue weighted by molar-refractivity contribution is 0.294. The summed E-state index contributed by atoms with van der Waals surface area (Å²) >= 11 is 2.22. The highest BCUT2D eigenvalue weighted by atomic mass is 127. The maximum atomic E-state index is 14.4. The predicted molar refractivity (Wildman–Crippen MR) is 104 cm³/mol. The van der Waals surface area contributed by atoms with Gasteiger partial charge in [-0.05, 0) is 76.4 Å². The fourth-order valence-corrected chi connectivity index (χ4v) is 3.32. The summed E-state index contributed by atoms with van der Waals surface area (Å²) in [5.41, 5.74) is 3.84. The molecule has 0 bridgehead atoms. The Morgan fingerprint density at radius 1 is 1.21 bits per heavy atom. The smallest absolute Gasteiger partial charge is 0.165 e. The zero-order valence-electron chi connectivity index (χ0n) is 13.8. The van der Waals surface area contributed by atoms with E-state index in [-0.39, 0.29) is 5.82 Å². The van der Waals surface area contributed by atoms with Gasteiger partial charge in [0.05, 0.1) is 12.1 Å². The van der Waals surface area contributed by atoms with Gasteiger partial charge in [0, 0.05) is 5.39 Å². The average Bonchev–Trinajstić information content (AvgIpc) is 2.96. The number of unbranched alkanes of at least 4 members (excludes halogenated alkanes) is 1. The van der Waals surface area contributed by atoms with Gasteiger partial charge in [-0.25, -0.2) is 4.39 Å². The summed E-state index contributed by atoms with van der Waals surface area (Å²) in [4.78, 5) is 0. The molecule has 0 spiro atoms. The van der Waals surface area contributed by atoms with Crippen LogP contribution in [0, 0.1) is 9.52 Å². The number of aryl methyl sites for hydroxylation is 1. The van der Waals surface area contributed by atoms with E-state index in [0.717, 1.165) is 50.6 Å². The van der Waals surface area contributed by atoms with Crippen LogP contribution in [0.3, 0.4) is 0 Å². The summed E-state index contributed by atoms with van der Waals surface area (Å²) in [5.74, 6) is 0.0365. The van der Waals surface area contributed by atoms with Gasteiger partial charge in [0.2, 0.25) is 0 Å². The molecule has 24 heavy (non-hydrogen) atoms.